The van der Waals surface area contributed by atoms with Crippen LogP contribution in [-0.4, -0.2) is 48.6 Å². The molecule has 1 aliphatic rings. The Hall–Kier alpha value is -4.08. The zero-order chi connectivity index (χ0) is 25.8. The van der Waals surface area contributed by atoms with Gasteiger partial charge in [-0.15, -0.1) is 0 Å². The summed E-state index contributed by atoms with van der Waals surface area (Å²) >= 11 is 0. The van der Waals surface area contributed by atoms with E-state index in [1.54, 1.807) is 61.5 Å². The van der Waals surface area contributed by atoms with Crippen LogP contribution < -0.4 is 5.56 Å². The van der Waals surface area contributed by atoms with E-state index in [0.717, 1.165) is 0 Å². The molecular weight excluding hydrogens is 468 g/mol. The first-order valence-corrected chi connectivity index (χ1v) is 11.5. The zero-order valence-electron chi connectivity index (χ0n) is 20.4. The standard InChI is InChI=1S/C26H25F2N5O3/c1-15-12-32-13-17(10-20(28)23(32)30-15)16-9-19(27)22-21(11-16)29-14-33(24(22)34)18-5-7-31(8-6-18)25(35)36-26(2,3)4/h5,9-14H,6-8H2,1-4H3. The molecule has 8 nitrogen and oxygen atoms in total. The Kier molecular flexibility index (Phi) is 5.61. The van der Waals surface area contributed by atoms with Crippen LogP contribution in [-0.2, 0) is 4.74 Å². The smallest absolute Gasteiger partial charge is 0.410 e. The average molecular weight is 494 g/mol. The van der Waals surface area contributed by atoms with Gasteiger partial charge in [0.15, 0.2) is 11.5 Å². The minimum absolute atomic E-state index is 0.156. The number of carbonyl (C=O) groups excluding carboxylic acids is 1. The molecule has 0 N–H and O–H groups in total. The Bertz CT molecular complexity index is 1610. The quantitative estimate of drug-likeness (QED) is 0.402. The summed E-state index contributed by atoms with van der Waals surface area (Å²) in [7, 11) is 0. The maximum atomic E-state index is 15.2. The van der Waals surface area contributed by atoms with E-state index in [1.807, 2.05) is 0 Å². The lowest BCUT2D eigenvalue weighted by molar-refractivity contribution is 0.0269. The normalized spacial score (nSPS) is 14.4. The molecule has 10 heteroatoms. The molecule has 0 fully saturated rings. The molecule has 1 aromatic carbocycles. The minimum Gasteiger partial charge on any atom is -0.444 e. The number of halogens is 2. The first-order chi connectivity index (χ1) is 17.0. The van der Waals surface area contributed by atoms with Crippen LogP contribution in [0.15, 0.2) is 47.8 Å². The summed E-state index contributed by atoms with van der Waals surface area (Å²) in [6.45, 7) is 7.76. The molecule has 0 radical (unpaired) electrons. The third-order valence-electron chi connectivity index (χ3n) is 5.92. The van der Waals surface area contributed by atoms with Crippen LogP contribution in [0.2, 0.25) is 0 Å². The molecule has 0 saturated heterocycles. The Morgan fingerprint density at radius 3 is 2.53 bits per heavy atom. The van der Waals surface area contributed by atoms with Crippen molar-refractivity contribution < 1.29 is 18.3 Å². The van der Waals surface area contributed by atoms with Gasteiger partial charge in [0.25, 0.3) is 5.56 Å². The van der Waals surface area contributed by atoms with E-state index in [-0.39, 0.29) is 23.1 Å². The van der Waals surface area contributed by atoms with Crippen molar-refractivity contribution in [1.82, 2.24) is 23.8 Å². The average Bonchev–Trinajstić information content (AvgIpc) is 3.19. The first kappa shape index (κ1) is 23.7. The van der Waals surface area contributed by atoms with Crippen molar-refractivity contribution >= 4 is 28.3 Å². The lowest BCUT2D eigenvalue weighted by atomic mass is 10.0. The van der Waals surface area contributed by atoms with Crippen molar-refractivity contribution in [2.75, 3.05) is 13.1 Å². The lowest BCUT2D eigenvalue weighted by Crippen LogP contribution is -2.40. The summed E-state index contributed by atoms with van der Waals surface area (Å²) in [4.78, 5) is 35.5. The zero-order valence-corrected chi connectivity index (χ0v) is 20.4. The number of aromatic nitrogens is 4. The van der Waals surface area contributed by atoms with E-state index in [2.05, 4.69) is 9.97 Å². The van der Waals surface area contributed by atoms with Crippen molar-refractivity contribution in [3.8, 4) is 11.1 Å². The van der Waals surface area contributed by atoms with Gasteiger partial charge in [0.2, 0.25) is 0 Å². The molecule has 0 bridgehead atoms. The van der Waals surface area contributed by atoms with Crippen LogP contribution in [0.5, 0.6) is 0 Å². The molecule has 3 aromatic heterocycles. The van der Waals surface area contributed by atoms with Crippen LogP contribution in [0.4, 0.5) is 13.6 Å². The highest BCUT2D eigenvalue weighted by molar-refractivity contribution is 5.84. The molecule has 0 unspecified atom stereocenters. The van der Waals surface area contributed by atoms with E-state index >= 15 is 4.39 Å². The molecule has 0 aliphatic carbocycles. The fourth-order valence-electron chi connectivity index (χ4n) is 4.28. The van der Waals surface area contributed by atoms with Crippen LogP contribution in [0.25, 0.3) is 33.4 Å². The fourth-order valence-corrected chi connectivity index (χ4v) is 4.28. The van der Waals surface area contributed by atoms with Gasteiger partial charge < -0.3 is 14.0 Å². The molecule has 1 aliphatic heterocycles. The molecule has 0 saturated carbocycles. The third-order valence-corrected chi connectivity index (χ3v) is 5.92. The van der Waals surface area contributed by atoms with Gasteiger partial charge in [0.1, 0.15) is 23.1 Å². The molecule has 4 aromatic rings. The number of hydrogen-bond acceptors (Lipinski definition) is 5. The predicted molar refractivity (Wildman–Crippen MR) is 132 cm³/mol. The monoisotopic (exact) mass is 493 g/mol. The largest absolute Gasteiger partial charge is 0.444 e. The topological polar surface area (TPSA) is 81.7 Å². The molecule has 36 heavy (non-hydrogen) atoms. The number of nitrogens with zero attached hydrogens (tertiary/aromatic N) is 5. The first-order valence-electron chi connectivity index (χ1n) is 11.5. The number of aryl methyl sites for hydroxylation is 1. The van der Waals surface area contributed by atoms with Crippen molar-refractivity contribution in [1.29, 1.82) is 0 Å². The van der Waals surface area contributed by atoms with Crippen LogP contribution in [0, 0.1) is 18.6 Å². The molecular formula is C26H25F2N5O3. The number of imidazole rings is 1. The summed E-state index contributed by atoms with van der Waals surface area (Å²) in [5.74, 6) is -1.28. The van der Waals surface area contributed by atoms with Crippen molar-refractivity contribution in [2.45, 2.75) is 39.7 Å². The van der Waals surface area contributed by atoms with E-state index in [4.69, 9.17) is 4.74 Å². The summed E-state index contributed by atoms with van der Waals surface area (Å²) in [5, 5.41) is -0.156. The molecule has 186 valence electrons. The number of carbonyl (C=O) groups is 1. The highest BCUT2D eigenvalue weighted by Gasteiger charge is 2.25. The van der Waals surface area contributed by atoms with Crippen molar-refractivity contribution in [3.05, 3.63) is 70.7 Å². The van der Waals surface area contributed by atoms with Gasteiger partial charge in [-0.2, -0.15) is 0 Å². The molecule has 5 rings (SSSR count). The van der Waals surface area contributed by atoms with Gasteiger partial charge in [-0.3, -0.25) is 9.36 Å². The number of pyridine rings is 1. The lowest BCUT2D eigenvalue weighted by Gasteiger charge is -2.29. The van der Waals surface area contributed by atoms with Gasteiger partial charge in [0, 0.05) is 43.2 Å². The molecule has 0 atom stereocenters. The maximum absolute atomic E-state index is 15.2. The van der Waals surface area contributed by atoms with Crippen molar-refractivity contribution in [3.63, 3.8) is 0 Å². The minimum atomic E-state index is -0.747. The fraction of sp³-hybridized carbons (Fsp3) is 0.308. The van der Waals surface area contributed by atoms with Crippen LogP contribution in [0.1, 0.15) is 32.9 Å². The maximum Gasteiger partial charge on any atom is 0.410 e. The van der Waals surface area contributed by atoms with Crippen molar-refractivity contribution in [2.24, 2.45) is 0 Å². The third kappa shape index (κ3) is 4.34. The van der Waals surface area contributed by atoms with Gasteiger partial charge in [0.05, 0.1) is 11.2 Å². The number of benzene rings is 1. The van der Waals surface area contributed by atoms with Gasteiger partial charge >= 0.3 is 6.09 Å². The summed E-state index contributed by atoms with van der Waals surface area (Å²) < 4.78 is 38.0. The number of hydrogen-bond donors (Lipinski definition) is 0. The van der Waals surface area contributed by atoms with Crippen LogP contribution >= 0.6 is 0 Å². The SMILES string of the molecule is Cc1cn2cc(-c3cc(F)c4c(=O)n(C5=CCN(C(=O)OC(C)(C)C)CC5)cnc4c3)cc(F)c2n1. The Morgan fingerprint density at radius 2 is 1.83 bits per heavy atom. The number of amides is 1. The highest BCUT2D eigenvalue weighted by Crippen LogP contribution is 2.27. The second kappa shape index (κ2) is 8.54. The Labute approximate surface area is 205 Å². The van der Waals surface area contributed by atoms with E-state index in [1.165, 1.54) is 23.0 Å². The van der Waals surface area contributed by atoms with Gasteiger partial charge in [-0.05, 0) is 57.5 Å². The second-order valence-electron chi connectivity index (χ2n) is 9.83. The highest BCUT2D eigenvalue weighted by atomic mass is 19.1. The predicted octanol–water partition coefficient (Wildman–Crippen LogP) is 4.78. The summed E-state index contributed by atoms with van der Waals surface area (Å²) in [6, 6.07) is 4.06. The summed E-state index contributed by atoms with van der Waals surface area (Å²) in [6.07, 6.45) is 6.38. The van der Waals surface area contributed by atoms with Gasteiger partial charge in [-0.1, -0.05) is 0 Å². The van der Waals surface area contributed by atoms with Gasteiger partial charge in [-0.25, -0.2) is 23.5 Å². The molecule has 4 heterocycles. The summed E-state index contributed by atoms with van der Waals surface area (Å²) in [5.41, 5.74) is 1.30. The van der Waals surface area contributed by atoms with E-state index in [9.17, 15) is 14.0 Å². The van der Waals surface area contributed by atoms with E-state index < -0.39 is 28.9 Å². The Morgan fingerprint density at radius 1 is 1.08 bits per heavy atom. The second-order valence-corrected chi connectivity index (χ2v) is 9.83. The van der Waals surface area contributed by atoms with Crippen LogP contribution in [0.3, 0.4) is 0 Å². The number of ether oxygens (including phenoxy) is 1. The number of fused-ring (bicyclic) bond motifs is 2. The number of rotatable bonds is 2. The Balaban J connectivity index is 1.48. The molecule has 0 spiro atoms. The molecule has 1 amide bonds. The van der Waals surface area contributed by atoms with E-state index in [0.29, 0.717) is 35.5 Å².